The van der Waals surface area contributed by atoms with E-state index in [-0.39, 0.29) is 6.09 Å². The van der Waals surface area contributed by atoms with Crippen molar-refractivity contribution in [3.63, 3.8) is 0 Å². The first kappa shape index (κ1) is 12.2. The molecular weight excluding hydrogens is 198 g/mol. The Kier molecular flexibility index (Phi) is 4.80. The lowest BCUT2D eigenvalue weighted by atomic mass is 10.4. The van der Waals surface area contributed by atoms with Crippen molar-refractivity contribution in [2.45, 2.75) is 13.3 Å². The second-order valence-corrected chi connectivity index (χ2v) is 3.48. The smallest absolute Gasteiger partial charge is 0.409 e. The maximum atomic E-state index is 11.4. The van der Waals surface area contributed by atoms with Gasteiger partial charge in [-0.15, -0.1) is 5.17 Å². The summed E-state index contributed by atoms with van der Waals surface area (Å²) in [5.41, 5.74) is 0. The highest BCUT2D eigenvalue weighted by atomic mass is 16.6. The summed E-state index contributed by atoms with van der Waals surface area (Å²) in [5.74, 6) is 0. The van der Waals surface area contributed by atoms with Gasteiger partial charge in [-0.25, -0.2) is 9.80 Å². The lowest BCUT2D eigenvalue weighted by Crippen LogP contribution is -2.41. The molecule has 1 fully saturated rings. The predicted octanol–water partition coefficient (Wildman–Crippen LogP) is 0.387. The molecule has 1 rings (SSSR count). The van der Waals surface area contributed by atoms with Crippen LogP contribution in [0.5, 0.6) is 0 Å². The molecule has 0 aromatic carbocycles. The average molecular weight is 217 g/mol. The molecule has 1 aliphatic heterocycles. The number of nitrogens with zero attached hydrogens (tertiary/aromatic N) is 3. The third kappa shape index (κ3) is 3.65. The van der Waals surface area contributed by atoms with Crippen LogP contribution in [-0.4, -0.2) is 66.2 Å². The van der Waals surface area contributed by atoms with E-state index in [4.69, 9.17) is 4.74 Å². The van der Waals surface area contributed by atoms with E-state index in [2.05, 4.69) is 0 Å². The van der Waals surface area contributed by atoms with Gasteiger partial charge in [0.25, 0.3) is 0 Å². The van der Waals surface area contributed by atoms with E-state index in [1.54, 1.807) is 23.9 Å². The Balaban J connectivity index is 2.42. The zero-order valence-electron chi connectivity index (χ0n) is 9.35. The number of hydrazine groups is 1. The van der Waals surface area contributed by atoms with Crippen LogP contribution in [0.2, 0.25) is 0 Å². The van der Waals surface area contributed by atoms with E-state index >= 15 is 0 Å². The van der Waals surface area contributed by atoms with Crippen LogP contribution < -0.4 is 0 Å². The molecular formula is C9H19N3O3. The zero-order chi connectivity index (χ0) is 11.3. The van der Waals surface area contributed by atoms with Crippen LogP contribution in [0.4, 0.5) is 4.79 Å². The van der Waals surface area contributed by atoms with E-state index in [1.165, 1.54) is 0 Å². The van der Waals surface area contributed by atoms with Gasteiger partial charge in [0.15, 0.2) is 0 Å². The van der Waals surface area contributed by atoms with Gasteiger partial charge < -0.3 is 9.64 Å². The van der Waals surface area contributed by atoms with Crippen LogP contribution >= 0.6 is 0 Å². The Morgan fingerprint density at radius 3 is 2.73 bits per heavy atom. The van der Waals surface area contributed by atoms with Crippen LogP contribution in [0.1, 0.15) is 13.3 Å². The molecule has 88 valence electrons. The first-order valence-electron chi connectivity index (χ1n) is 5.24. The molecule has 1 heterocycles. The summed E-state index contributed by atoms with van der Waals surface area (Å²) in [6.07, 6.45) is 0.573. The summed E-state index contributed by atoms with van der Waals surface area (Å²) >= 11 is 0. The van der Waals surface area contributed by atoms with Crippen molar-refractivity contribution in [3.8, 4) is 0 Å². The minimum absolute atomic E-state index is 0.264. The van der Waals surface area contributed by atoms with Crippen LogP contribution in [0, 0.1) is 0 Å². The summed E-state index contributed by atoms with van der Waals surface area (Å²) in [6, 6.07) is 0. The molecule has 0 unspecified atom stereocenters. The van der Waals surface area contributed by atoms with Gasteiger partial charge in [0.1, 0.15) is 0 Å². The predicted molar refractivity (Wildman–Crippen MR) is 54.3 cm³/mol. The van der Waals surface area contributed by atoms with E-state index in [9.17, 15) is 10.0 Å². The first-order valence-corrected chi connectivity index (χ1v) is 5.24. The van der Waals surface area contributed by atoms with Crippen molar-refractivity contribution in [1.29, 1.82) is 0 Å². The minimum atomic E-state index is -0.264. The van der Waals surface area contributed by atoms with Gasteiger partial charge in [-0.3, -0.25) is 5.21 Å². The number of amides is 1. The molecule has 6 nitrogen and oxygen atoms in total. The zero-order valence-corrected chi connectivity index (χ0v) is 9.35. The topological polar surface area (TPSA) is 56.2 Å². The summed E-state index contributed by atoms with van der Waals surface area (Å²) in [4.78, 5) is 13.1. The van der Waals surface area contributed by atoms with E-state index < -0.39 is 0 Å². The fourth-order valence-corrected chi connectivity index (χ4v) is 1.59. The summed E-state index contributed by atoms with van der Waals surface area (Å²) in [6.45, 7) is 4.85. The molecule has 1 N–H and O–H groups in total. The van der Waals surface area contributed by atoms with Crippen molar-refractivity contribution < 1.29 is 14.7 Å². The second-order valence-electron chi connectivity index (χ2n) is 3.48. The van der Waals surface area contributed by atoms with Crippen molar-refractivity contribution in [2.75, 3.05) is 39.8 Å². The number of rotatable bonds is 2. The van der Waals surface area contributed by atoms with Crippen LogP contribution in [0.25, 0.3) is 0 Å². The van der Waals surface area contributed by atoms with Crippen LogP contribution in [0.3, 0.4) is 0 Å². The lowest BCUT2D eigenvalue weighted by Gasteiger charge is -2.25. The van der Waals surface area contributed by atoms with Gasteiger partial charge in [0.2, 0.25) is 0 Å². The monoisotopic (exact) mass is 217 g/mol. The fraction of sp³-hybridized carbons (Fsp3) is 0.889. The molecule has 0 atom stereocenters. The third-order valence-electron chi connectivity index (χ3n) is 2.41. The van der Waals surface area contributed by atoms with Gasteiger partial charge in [-0.05, 0) is 13.3 Å². The van der Waals surface area contributed by atoms with Gasteiger partial charge in [0, 0.05) is 33.2 Å². The Bertz CT molecular complexity index is 211. The molecule has 0 aromatic heterocycles. The number of hydroxylamine groups is 1. The highest BCUT2D eigenvalue weighted by Gasteiger charge is 2.20. The standard InChI is InChI=1S/C9H19N3O3/c1-3-15-9(13)11-5-4-6-12(8-7-11)10(2)14/h14H,3-8H2,1-2H3. The van der Waals surface area contributed by atoms with E-state index in [1.807, 2.05) is 0 Å². The lowest BCUT2D eigenvalue weighted by molar-refractivity contribution is -0.224. The largest absolute Gasteiger partial charge is 0.450 e. The Morgan fingerprint density at radius 1 is 1.40 bits per heavy atom. The Labute approximate surface area is 89.9 Å². The van der Waals surface area contributed by atoms with Gasteiger partial charge in [-0.1, -0.05) is 0 Å². The van der Waals surface area contributed by atoms with E-state index in [0.29, 0.717) is 26.2 Å². The van der Waals surface area contributed by atoms with Gasteiger partial charge >= 0.3 is 6.09 Å². The number of carbonyl (C=O) groups excluding carboxylic acids is 1. The van der Waals surface area contributed by atoms with Crippen molar-refractivity contribution in [1.82, 2.24) is 15.1 Å². The average Bonchev–Trinajstić information content (AvgIpc) is 2.43. The van der Waals surface area contributed by atoms with Gasteiger partial charge in [-0.2, -0.15) is 0 Å². The Hall–Kier alpha value is -0.850. The maximum absolute atomic E-state index is 11.4. The molecule has 0 aliphatic carbocycles. The minimum Gasteiger partial charge on any atom is -0.450 e. The quantitative estimate of drug-likeness (QED) is 0.678. The molecule has 6 heteroatoms. The number of hydrogen-bond acceptors (Lipinski definition) is 5. The molecule has 1 saturated heterocycles. The Morgan fingerprint density at radius 2 is 2.13 bits per heavy atom. The van der Waals surface area contributed by atoms with E-state index in [0.717, 1.165) is 18.1 Å². The van der Waals surface area contributed by atoms with Crippen molar-refractivity contribution in [3.05, 3.63) is 0 Å². The second kappa shape index (κ2) is 5.89. The van der Waals surface area contributed by atoms with Crippen molar-refractivity contribution >= 4 is 6.09 Å². The highest BCUT2D eigenvalue weighted by molar-refractivity contribution is 5.67. The fourth-order valence-electron chi connectivity index (χ4n) is 1.59. The molecule has 0 saturated carbocycles. The molecule has 1 amide bonds. The van der Waals surface area contributed by atoms with Crippen molar-refractivity contribution in [2.24, 2.45) is 0 Å². The normalized spacial score (nSPS) is 19.1. The summed E-state index contributed by atoms with van der Waals surface area (Å²) in [7, 11) is 1.58. The number of carbonyl (C=O) groups is 1. The third-order valence-corrected chi connectivity index (χ3v) is 2.41. The molecule has 15 heavy (non-hydrogen) atoms. The number of hydrogen-bond donors (Lipinski definition) is 1. The highest BCUT2D eigenvalue weighted by Crippen LogP contribution is 2.05. The number of ether oxygens (including phenoxy) is 1. The molecule has 0 bridgehead atoms. The summed E-state index contributed by atoms with van der Waals surface area (Å²) < 4.78 is 4.92. The van der Waals surface area contributed by atoms with Crippen LogP contribution in [0.15, 0.2) is 0 Å². The molecule has 1 aliphatic rings. The summed E-state index contributed by atoms with van der Waals surface area (Å²) in [5, 5.41) is 12.1. The van der Waals surface area contributed by atoms with Crippen LogP contribution in [-0.2, 0) is 4.74 Å². The molecule has 0 aromatic rings. The maximum Gasteiger partial charge on any atom is 0.409 e. The first-order chi connectivity index (χ1) is 7.15. The van der Waals surface area contributed by atoms with Gasteiger partial charge in [0.05, 0.1) is 6.61 Å². The SMILES string of the molecule is CCOC(=O)N1CCCN(N(C)O)CC1. The molecule has 0 radical (unpaired) electrons. The molecule has 0 spiro atoms.